The first-order chi connectivity index (χ1) is 1.00. The fraction of sp³-hybridized carbons (Fsp3) is 1.00. The van der Waals surface area contributed by atoms with Gasteiger partial charge in [-0.05, 0) is 0 Å². The van der Waals surface area contributed by atoms with Gasteiger partial charge < -0.3 is 0 Å². The molecule has 0 heterocycles. The van der Waals surface area contributed by atoms with E-state index >= 15 is 0 Å². The summed E-state index contributed by atoms with van der Waals surface area (Å²) < 4.78 is 0. The van der Waals surface area contributed by atoms with Crippen molar-refractivity contribution < 1.29 is 39.6 Å². The molecular weight excluding hydrogens is 258 g/mol. The van der Waals surface area contributed by atoms with Gasteiger partial charge in [-0.1, -0.05) is 6.82 Å². The van der Waals surface area contributed by atoms with Gasteiger partial charge in [-0.2, -0.15) is 0 Å². The second-order valence-corrected chi connectivity index (χ2v) is 0. The number of rotatable bonds is 0. The predicted molar refractivity (Wildman–Crippen MR) is 11.6 cm³/mol. The van der Waals surface area contributed by atoms with Gasteiger partial charge in [-0.15, -0.1) is 0 Å². The Morgan fingerprint density at radius 1 is 1.25 bits per heavy atom. The van der Waals surface area contributed by atoms with E-state index in [9.17, 15) is 0 Å². The molecule has 0 rings (SSSR count). The Balaban J connectivity index is -0.00000000500. The molecule has 21 valence electrons. The van der Waals surface area contributed by atoms with Gasteiger partial charge in [0.05, 0.1) is 7.85 Å². The number of hydrogen-bond donors (Lipinski definition) is 0. The van der Waals surface area contributed by atoms with Crippen molar-refractivity contribution in [2.45, 2.75) is 6.82 Å². The quantitative estimate of drug-likeness (QED) is 0.546. The zero-order valence-corrected chi connectivity index (χ0v) is 6.76. The number of hydrogen-bond acceptors (Lipinski definition) is 0. The van der Waals surface area contributed by atoms with Gasteiger partial charge in [0.15, 0.2) is 0 Å². The van der Waals surface area contributed by atoms with Gasteiger partial charge in [0.25, 0.3) is 0 Å². The van der Waals surface area contributed by atoms with E-state index in [2.05, 4.69) is 7.85 Å². The first-order valence-electron chi connectivity index (χ1n) is 0.577. The maximum absolute atomic E-state index is 4.50. The van der Waals surface area contributed by atoms with Gasteiger partial charge in [0.1, 0.15) is 0 Å². The average molecular weight is 261 g/mol. The standard InChI is InChI=1S/CH3B.V.W/c1-2;;/h1H3;;. The molecule has 3 heteroatoms. The summed E-state index contributed by atoms with van der Waals surface area (Å²) in [5, 5.41) is 0. The third kappa shape index (κ3) is 10.2. The summed E-state index contributed by atoms with van der Waals surface area (Å²) in [5.41, 5.74) is 0. The monoisotopic (exact) mass is 261 g/mol. The summed E-state index contributed by atoms with van der Waals surface area (Å²) >= 11 is 0. The fourth-order valence-electron chi connectivity index (χ4n) is 0. The Hall–Kier alpha value is 1.34. The van der Waals surface area contributed by atoms with Crippen LogP contribution in [0.1, 0.15) is 0 Å². The second kappa shape index (κ2) is 27.0. The van der Waals surface area contributed by atoms with Crippen LogP contribution in [0.2, 0.25) is 6.82 Å². The van der Waals surface area contributed by atoms with Crippen LogP contribution in [0.4, 0.5) is 0 Å². The molecule has 0 unspecified atom stereocenters. The molecule has 3 radical (unpaired) electrons. The largest absolute Gasteiger partial charge is 0.0999 e. The van der Waals surface area contributed by atoms with Crippen LogP contribution in [-0.4, -0.2) is 7.85 Å². The molecule has 0 aliphatic heterocycles. The van der Waals surface area contributed by atoms with Gasteiger partial charge in [-0.3, -0.25) is 0 Å². The third-order valence-corrected chi connectivity index (χ3v) is 0. The maximum atomic E-state index is 4.50. The Morgan fingerprint density at radius 3 is 1.25 bits per heavy atom. The molecule has 0 aliphatic carbocycles. The molecule has 0 aliphatic rings. The topological polar surface area (TPSA) is 0 Å². The van der Waals surface area contributed by atoms with Crippen LogP contribution in [0.15, 0.2) is 0 Å². The van der Waals surface area contributed by atoms with Crippen molar-refractivity contribution in [2.24, 2.45) is 0 Å². The molecule has 0 saturated carbocycles. The molecule has 0 atom stereocenters. The minimum atomic E-state index is 0. The van der Waals surface area contributed by atoms with Crippen LogP contribution < -0.4 is 0 Å². The van der Waals surface area contributed by atoms with Gasteiger partial charge in [-0.25, -0.2) is 0 Å². The zero-order chi connectivity index (χ0) is 2.00. The Bertz CT molecular complexity index is 8.00. The van der Waals surface area contributed by atoms with Gasteiger partial charge in [0.2, 0.25) is 0 Å². The van der Waals surface area contributed by atoms with Crippen LogP contribution in [0, 0.1) is 0 Å². The minimum absolute atomic E-state index is 0. The van der Waals surface area contributed by atoms with Crippen molar-refractivity contribution in [1.82, 2.24) is 0 Å². The first kappa shape index (κ1) is 18.4. The van der Waals surface area contributed by atoms with Crippen molar-refractivity contribution in [2.75, 3.05) is 0 Å². The first-order valence-corrected chi connectivity index (χ1v) is 0.577. The molecular formula is CH3BVW. The summed E-state index contributed by atoms with van der Waals surface area (Å²) in [7, 11) is 4.50. The van der Waals surface area contributed by atoms with Crippen LogP contribution in [0.3, 0.4) is 0 Å². The van der Waals surface area contributed by atoms with E-state index in [1.807, 2.05) is 0 Å². The molecule has 0 amide bonds. The zero-order valence-electron chi connectivity index (χ0n) is 2.43. The van der Waals surface area contributed by atoms with Gasteiger partial charge in [0, 0.05) is 39.6 Å². The van der Waals surface area contributed by atoms with Crippen LogP contribution >= 0.6 is 0 Å². The van der Waals surface area contributed by atoms with Crippen LogP contribution in [0.5, 0.6) is 0 Å². The second-order valence-electron chi connectivity index (χ2n) is 0. The Kier molecular flexibility index (Phi) is 124. The Labute approximate surface area is 54.3 Å². The molecule has 4 heavy (non-hydrogen) atoms. The minimum Gasteiger partial charge on any atom is -0.0999 e. The summed E-state index contributed by atoms with van der Waals surface area (Å²) in [6, 6.07) is 0. The molecule has 0 fully saturated rings. The van der Waals surface area contributed by atoms with Crippen molar-refractivity contribution >= 4 is 7.85 Å². The van der Waals surface area contributed by atoms with E-state index in [0.29, 0.717) is 0 Å². The van der Waals surface area contributed by atoms with Crippen molar-refractivity contribution in [3.05, 3.63) is 0 Å². The summed E-state index contributed by atoms with van der Waals surface area (Å²) in [6.45, 7) is 1.50. The van der Waals surface area contributed by atoms with E-state index in [-0.39, 0.29) is 39.6 Å². The summed E-state index contributed by atoms with van der Waals surface area (Å²) in [4.78, 5) is 0. The van der Waals surface area contributed by atoms with Crippen molar-refractivity contribution in [3.63, 3.8) is 0 Å². The third-order valence-electron chi connectivity index (χ3n) is 0. The molecule has 0 saturated heterocycles. The SMILES string of the molecule is [B]C.[V].[W]. The smallest absolute Gasteiger partial charge is 0.0606 e. The average Bonchev–Trinajstić information content (AvgIpc) is 1.00. The Morgan fingerprint density at radius 2 is 1.25 bits per heavy atom. The predicted octanol–water partition coefficient (Wildman–Crippen LogP) is 0.198. The van der Waals surface area contributed by atoms with E-state index in [1.165, 1.54) is 6.82 Å². The summed E-state index contributed by atoms with van der Waals surface area (Å²) in [6.07, 6.45) is 0. The maximum Gasteiger partial charge on any atom is 0.0606 e. The molecule has 0 nitrogen and oxygen atoms in total. The molecule has 0 aromatic heterocycles. The molecule has 0 spiro atoms. The van der Waals surface area contributed by atoms with E-state index < -0.39 is 0 Å². The summed E-state index contributed by atoms with van der Waals surface area (Å²) in [5.74, 6) is 0. The van der Waals surface area contributed by atoms with Crippen molar-refractivity contribution in [3.8, 4) is 0 Å². The van der Waals surface area contributed by atoms with Crippen molar-refractivity contribution in [1.29, 1.82) is 0 Å². The van der Waals surface area contributed by atoms with Crippen LogP contribution in [0.25, 0.3) is 0 Å². The van der Waals surface area contributed by atoms with Crippen LogP contribution in [-0.2, 0) is 39.6 Å². The van der Waals surface area contributed by atoms with E-state index in [1.54, 1.807) is 0 Å². The molecule has 0 bridgehead atoms. The van der Waals surface area contributed by atoms with Gasteiger partial charge >= 0.3 is 0 Å². The normalized spacial score (nSPS) is 1.25. The molecule has 0 N–H and O–H groups in total. The molecule has 0 aromatic rings. The van der Waals surface area contributed by atoms with E-state index in [0.717, 1.165) is 0 Å². The molecule has 0 aromatic carbocycles. The van der Waals surface area contributed by atoms with E-state index in [4.69, 9.17) is 0 Å². The fourth-order valence-corrected chi connectivity index (χ4v) is 0.